The zero-order chi connectivity index (χ0) is 23.1. The largest absolute Gasteiger partial charge is 0.493 e. The fraction of sp³-hybridized carbons (Fsp3) is 0.154. The summed E-state index contributed by atoms with van der Waals surface area (Å²) in [6, 6.07) is 20.2. The highest BCUT2D eigenvalue weighted by atomic mass is 32.2. The number of carbonyl (C=O) groups is 2. The zero-order valence-electron chi connectivity index (χ0n) is 18.4. The number of nitrogens with one attached hydrogen (secondary N) is 1. The molecule has 6 nitrogen and oxygen atoms in total. The van der Waals surface area contributed by atoms with Crippen LogP contribution in [0.15, 0.2) is 82.1 Å². The minimum absolute atomic E-state index is 0.311. The van der Waals surface area contributed by atoms with Crippen LogP contribution in [0.2, 0.25) is 0 Å². The zero-order valence-corrected chi connectivity index (χ0v) is 19.2. The van der Waals surface area contributed by atoms with Gasteiger partial charge in [0.15, 0.2) is 11.5 Å². The molecule has 2 aliphatic heterocycles. The van der Waals surface area contributed by atoms with Crippen molar-refractivity contribution in [2.75, 3.05) is 24.4 Å². The quantitative estimate of drug-likeness (QED) is 0.549. The van der Waals surface area contributed by atoms with Gasteiger partial charge in [-0.1, -0.05) is 42.1 Å². The average Bonchev–Trinajstić information content (AvgIpc) is 2.97. The van der Waals surface area contributed by atoms with Crippen molar-refractivity contribution >= 4 is 35.0 Å². The lowest BCUT2D eigenvalue weighted by Crippen LogP contribution is -2.33. The molecular formula is C26H22N2O4S. The molecular weight excluding hydrogens is 436 g/mol. The highest BCUT2D eigenvalue weighted by Crippen LogP contribution is 2.48. The third kappa shape index (κ3) is 3.54. The summed E-state index contributed by atoms with van der Waals surface area (Å²) in [4.78, 5) is 29.9. The molecule has 0 aromatic heterocycles. The molecule has 0 bridgehead atoms. The van der Waals surface area contributed by atoms with Crippen molar-refractivity contribution in [1.29, 1.82) is 0 Å². The summed E-state index contributed by atoms with van der Waals surface area (Å²) >= 11 is 1.33. The van der Waals surface area contributed by atoms with Crippen molar-refractivity contribution in [2.24, 2.45) is 0 Å². The molecule has 0 aliphatic carbocycles. The van der Waals surface area contributed by atoms with Crippen molar-refractivity contribution in [3.8, 4) is 11.5 Å². The molecule has 0 saturated heterocycles. The van der Waals surface area contributed by atoms with Gasteiger partial charge in [0.05, 0.1) is 36.4 Å². The van der Waals surface area contributed by atoms with Gasteiger partial charge in [0, 0.05) is 10.6 Å². The maximum Gasteiger partial charge on any atom is 0.272 e. The summed E-state index contributed by atoms with van der Waals surface area (Å²) in [5.41, 5.74) is 3.62. The molecule has 2 aliphatic rings. The van der Waals surface area contributed by atoms with Crippen LogP contribution in [0, 0.1) is 6.92 Å². The maximum absolute atomic E-state index is 13.8. The number of rotatable bonds is 4. The molecule has 1 N–H and O–H groups in total. The first-order valence-corrected chi connectivity index (χ1v) is 11.3. The van der Waals surface area contributed by atoms with E-state index >= 15 is 0 Å². The van der Waals surface area contributed by atoms with E-state index in [0.717, 1.165) is 21.7 Å². The number of imide groups is 1. The molecule has 3 aromatic rings. The minimum Gasteiger partial charge on any atom is -0.493 e. The number of para-hydroxylation sites is 1. The summed E-state index contributed by atoms with van der Waals surface area (Å²) in [5.74, 6) is 0.508. The summed E-state index contributed by atoms with van der Waals surface area (Å²) in [7, 11) is 3.15. The third-order valence-corrected chi connectivity index (χ3v) is 6.94. The Bertz CT molecular complexity index is 1320. The Kier molecular flexibility index (Phi) is 5.34. The number of methoxy groups -OCH3 is 2. The Balaban J connectivity index is 1.67. The van der Waals surface area contributed by atoms with E-state index in [0.29, 0.717) is 27.7 Å². The van der Waals surface area contributed by atoms with Crippen LogP contribution >= 0.6 is 11.8 Å². The lowest BCUT2D eigenvalue weighted by Gasteiger charge is -2.23. The number of amides is 2. The van der Waals surface area contributed by atoms with Crippen LogP contribution in [0.3, 0.4) is 0 Å². The van der Waals surface area contributed by atoms with E-state index in [2.05, 4.69) is 5.32 Å². The number of hydrogen-bond donors (Lipinski definition) is 1. The van der Waals surface area contributed by atoms with Crippen molar-refractivity contribution in [3.63, 3.8) is 0 Å². The lowest BCUT2D eigenvalue weighted by atomic mass is 9.97. The normalized spacial score (nSPS) is 17.3. The van der Waals surface area contributed by atoms with E-state index in [-0.39, 0.29) is 11.8 Å². The predicted molar refractivity (Wildman–Crippen MR) is 129 cm³/mol. The van der Waals surface area contributed by atoms with E-state index in [4.69, 9.17) is 9.47 Å². The van der Waals surface area contributed by atoms with Crippen molar-refractivity contribution in [1.82, 2.24) is 0 Å². The number of thioether (sulfide) groups is 1. The van der Waals surface area contributed by atoms with Crippen LogP contribution in [-0.2, 0) is 9.59 Å². The van der Waals surface area contributed by atoms with Gasteiger partial charge in [-0.2, -0.15) is 0 Å². The number of hydrogen-bond acceptors (Lipinski definition) is 6. The number of ether oxygens (including phenoxy) is 2. The molecule has 3 aromatic carbocycles. The van der Waals surface area contributed by atoms with E-state index < -0.39 is 6.04 Å². The van der Waals surface area contributed by atoms with Crippen LogP contribution in [0.25, 0.3) is 0 Å². The van der Waals surface area contributed by atoms with Crippen molar-refractivity contribution in [2.45, 2.75) is 17.9 Å². The molecule has 33 heavy (non-hydrogen) atoms. The van der Waals surface area contributed by atoms with Gasteiger partial charge in [0.1, 0.15) is 0 Å². The monoisotopic (exact) mass is 458 g/mol. The van der Waals surface area contributed by atoms with E-state index in [1.54, 1.807) is 26.4 Å². The van der Waals surface area contributed by atoms with Crippen LogP contribution in [0.5, 0.6) is 11.5 Å². The molecule has 0 fully saturated rings. The van der Waals surface area contributed by atoms with Gasteiger partial charge in [0.25, 0.3) is 11.8 Å². The molecule has 166 valence electrons. The van der Waals surface area contributed by atoms with Gasteiger partial charge in [-0.15, -0.1) is 0 Å². The Morgan fingerprint density at radius 3 is 2.42 bits per heavy atom. The van der Waals surface area contributed by atoms with E-state index in [9.17, 15) is 9.59 Å². The number of anilines is 2. The Morgan fingerprint density at radius 2 is 1.67 bits per heavy atom. The summed E-state index contributed by atoms with van der Waals surface area (Å²) in [6.45, 7) is 1.94. The Hall–Kier alpha value is -3.71. The van der Waals surface area contributed by atoms with Gasteiger partial charge in [-0.3, -0.25) is 9.59 Å². The average molecular weight is 459 g/mol. The molecule has 7 heteroatoms. The first-order chi connectivity index (χ1) is 16.0. The maximum atomic E-state index is 13.8. The molecule has 1 atom stereocenters. The molecule has 2 amide bonds. The van der Waals surface area contributed by atoms with Gasteiger partial charge < -0.3 is 14.8 Å². The molecule has 0 radical (unpaired) electrons. The highest BCUT2D eigenvalue weighted by Gasteiger charge is 2.45. The number of fused-ring (bicyclic) bond motifs is 1. The molecule has 5 rings (SSSR count). The fourth-order valence-electron chi connectivity index (χ4n) is 4.18. The van der Waals surface area contributed by atoms with E-state index in [1.807, 2.05) is 61.5 Å². The third-order valence-electron chi connectivity index (χ3n) is 5.76. The van der Waals surface area contributed by atoms with Crippen LogP contribution in [-0.4, -0.2) is 26.0 Å². The SMILES string of the molecule is COc1ccc(C2Nc3ccccc3SC3=C2C(=O)N(c2cccc(C)c2)C3=O)cc1OC. The second-order valence-corrected chi connectivity index (χ2v) is 8.87. The van der Waals surface area contributed by atoms with Crippen LogP contribution < -0.4 is 19.7 Å². The lowest BCUT2D eigenvalue weighted by molar-refractivity contribution is -0.120. The highest BCUT2D eigenvalue weighted by molar-refractivity contribution is 8.04. The first kappa shape index (κ1) is 21.2. The van der Waals surface area contributed by atoms with E-state index in [1.165, 1.54) is 16.7 Å². The fourth-order valence-corrected chi connectivity index (χ4v) is 5.27. The first-order valence-electron chi connectivity index (χ1n) is 10.5. The van der Waals surface area contributed by atoms with Gasteiger partial charge in [0.2, 0.25) is 0 Å². The predicted octanol–water partition coefficient (Wildman–Crippen LogP) is 5.10. The molecule has 1 unspecified atom stereocenters. The van der Waals surface area contributed by atoms with Gasteiger partial charge >= 0.3 is 0 Å². The Morgan fingerprint density at radius 1 is 0.879 bits per heavy atom. The molecule has 0 saturated carbocycles. The van der Waals surface area contributed by atoms with Crippen molar-refractivity contribution in [3.05, 3.63) is 88.3 Å². The minimum atomic E-state index is -0.540. The standard InChI is InChI=1S/C26H22N2O4S/c1-15-7-6-8-17(13-15)28-25(29)22-23(16-11-12-19(31-2)20(14-16)32-3)27-18-9-4-5-10-21(18)33-24(22)26(28)30/h4-14,23,27H,1-3H3. The Labute approximate surface area is 196 Å². The summed E-state index contributed by atoms with van der Waals surface area (Å²) in [5, 5.41) is 3.50. The topological polar surface area (TPSA) is 67.9 Å². The smallest absolute Gasteiger partial charge is 0.272 e. The van der Waals surface area contributed by atoms with Crippen molar-refractivity contribution < 1.29 is 19.1 Å². The summed E-state index contributed by atoms with van der Waals surface area (Å²) < 4.78 is 10.9. The second-order valence-electron chi connectivity index (χ2n) is 7.82. The van der Waals surface area contributed by atoms with Gasteiger partial charge in [-0.25, -0.2) is 4.90 Å². The van der Waals surface area contributed by atoms with Crippen LogP contribution in [0.1, 0.15) is 17.2 Å². The number of nitrogens with zero attached hydrogens (tertiary/aromatic N) is 1. The number of benzene rings is 3. The molecule has 2 heterocycles. The summed E-state index contributed by atoms with van der Waals surface area (Å²) in [6.07, 6.45) is 0. The van der Waals surface area contributed by atoms with Crippen LogP contribution in [0.4, 0.5) is 11.4 Å². The number of aryl methyl sites for hydroxylation is 1. The van der Waals surface area contributed by atoms with Gasteiger partial charge in [-0.05, 0) is 54.4 Å². The number of carbonyl (C=O) groups excluding carboxylic acids is 2. The second kappa shape index (κ2) is 8.33. The molecule has 0 spiro atoms.